The minimum atomic E-state index is -0.381. The molecule has 1 N–H and O–H groups in total. The monoisotopic (exact) mass is 313 g/mol. The molecule has 3 aromatic heterocycles. The molecule has 3 heterocycles. The highest BCUT2D eigenvalue weighted by molar-refractivity contribution is 7.15. The van der Waals surface area contributed by atoms with Crippen molar-refractivity contribution in [2.45, 2.75) is 19.3 Å². The van der Waals surface area contributed by atoms with Gasteiger partial charge in [0.2, 0.25) is 5.13 Å². The topological polar surface area (TPSA) is 96.8 Å². The van der Waals surface area contributed by atoms with E-state index in [2.05, 4.69) is 25.4 Å². The summed E-state index contributed by atoms with van der Waals surface area (Å²) in [5.41, 5.74) is 2.18. The van der Waals surface area contributed by atoms with Crippen LogP contribution in [0.3, 0.4) is 0 Å². The molecule has 7 nitrogen and oxygen atoms in total. The van der Waals surface area contributed by atoms with Crippen molar-refractivity contribution >= 4 is 22.2 Å². The Bertz CT molecular complexity index is 819. The van der Waals surface area contributed by atoms with Crippen molar-refractivity contribution in [3.63, 3.8) is 0 Å². The van der Waals surface area contributed by atoms with E-state index in [9.17, 15) is 5.11 Å². The Kier molecular flexibility index (Phi) is 3.15. The van der Waals surface area contributed by atoms with Crippen LogP contribution < -0.4 is 0 Å². The van der Waals surface area contributed by atoms with Gasteiger partial charge in [-0.05, 0) is 31.4 Å². The maximum atomic E-state index is 9.76. The molecule has 0 saturated heterocycles. The van der Waals surface area contributed by atoms with Crippen LogP contribution in [-0.2, 0) is 12.8 Å². The molecule has 0 spiro atoms. The molecule has 0 radical (unpaired) electrons. The second-order valence-electron chi connectivity index (χ2n) is 4.82. The van der Waals surface area contributed by atoms with Gasteiger partial charge in [0.05, 0.1) is 11.4 Å². The molecule has 22 heavy (non-hydrogen) atoms. The molecule has 0 aromatic carbocycles. The van der Waals surface area contributed by atoms with Crippen LogP contribution in [0, 0.1) is 0 Å². The van der Waals surface area contributed by atoms with Gasteiger partial charge >= 0.3 is 5.95 Å². The molecule has 1 aliphatic carbocycles. The zero-order valence-electron chi connectivity index (χ0n) is 11.4. The first kappa shape index (κ1) is 13.1. The van der Waals surface area contributed by atoms with E-state index in [0.29, 0.717) is 16.5 Å². The van der Waals surface area contributed by atoms with Crippen molar-refractivity contribution in [3.8, 4) is 17.3 Å². The zero-order chi connectivity index (χ0) is 14.9. The fourth-order valence-corrected chi connectivity index (χ4v) is 3.32. The van der Waals surface area contributed by atoms with E-state index in [4.69, 9.17) is 4.52 Å². The van der Waals surface area contributed by atoms with Crippen LogP contribution in [0.15, 0.2) is 39.1 Å². The van der Waals surface area contributed by atoms with E-state index in [1.807, 2.05) is 6.07 Å². The number of fused-ring (bicyclic) bond motifs is 1. The fourth-order valence-electron chi connectivity index (χ4n) is 2.35. The van der Waals surface area contributed by atoms with Crippen molar-refractivity contribution in [2.75, 3.05) is 0 Å². The van der Waals surface area contributed by atoms with Gasteiger partial charge in [-0.2, -0.15) is 0 Å². The minimum Gasteiger partial charge on any atom is -0.478 e. The minimum absolute atomic E-state index is 0.161. The summed E-state index contributed by atoms with van der Waals surface area (Å²) in [4.78, 5) is 9.87. The number of aryl methyl sites for hydroxylation is 2. The lowest BCUT2D eigenvalue weighted by atomic mass is 10.2. The molecule has 8 heteroatoms. The van der Waals surface area contributed by atoms with Gasteiger partial charge in [-0.25, -0.2) is 4.98 Å². The Balaban J connectivity index is 1.68. The summed E-state index contributed by atoms with van der Waals surface area (Å²) in [7, 11) is 0. The number of azo groups is 1. The number of hydrogen-bond acceptors (Lipinski definition) is 8. The van der Waals surface area contributed by atoms with E-state index in [0.717, 1.165) is 25.0 Å². The van der Waals surface area contributed by atoms with Crippen molar-refractivity contribution in [2.24, 2.45) is 10.2 Å². The van der Waals surface area contributed by atoms with E-state index < -0.39 is 0 Å². The van der Waals surface area contributed by atoms with E-state index >= 15 is 0 Å². The van der Waals surface area contributed by atoms with Crippen molar-refractivity contribution in [1.29, 1.82) is 0 Å². The van der Waals surface area contributed by atoms with Crippen LogP contribution in [0.4, 0.5) is 10.8 Å². The van der Waals surface area contributed by atoms with Gasteiger partial charge < -0.3 is 9.63 Å². The highest BCUT2D eigenvalue weighted by Crippen LogP contribution is 2.38. The molecule has 4 rings (SSSR count). The maximum Gasteiger partial charge on any atom is 0.337 e. The number of aromatic hydroxyl groups is 1. The number of hydrogen-bond donors (Lipinski definition) is 1. The molecule has 3 aromatic rings. The first-order chi connectivity index (χ1) is 10.8. The van der Waals surface area contributed by atoms with Gasteiger partial charge in [0.25, 0.3) is 0 Å². The summed E-state index contributed by atoms with van der Waals surface area (Å²) in [6, 6.07) is 5.37. The van der Waals surface area contributed by atoms with E-state index in [-0.39, 0.29) is 11.6 Å². The van der Waals surface area contributed by atoms with Crippen LogP contribution in [-0.4, -0.2) is 20.2 Å². The summed E-state index contributed by atoms with van der Waals surface area (Å²) >= 11 is 1.53. The second kappa shape index (κ2) is 5.30. The summed E-state index contributed by atoms with van der Waals surface area (Å²) in [5, 5.41) is 22.3. The van der Waals surface area contributed by atoms with Crippen LogP contribution in [0.1, 0.15) is 17.0 Å². The third kappa shape index (κ3) is 2.27. The predicted molar refractivity (Wildman–Crippen MR) is 79.7 cm³/mol. The molecule has 0 saturated carbocycles. The molecular formula is C14H11N5O2S. The Morgan fingerprint density at radius 1 is 1.23 bits per heavy atom. The number of nitrogens with zero attached hydrogens (tertiary/aromatic N) is 5. The van der Waals surface area contributed by atoms with Crippen molar-refractivity contribution in [3.05, 3.63) is 35.0 Å². The second-order valence-corrected chi connectivity index (χ2v) is 5.88. The Hall–Kier alpha value is -2.61. The van der Waals surface area contributed by atoms with Crippen LogP contribution in [0.5, 0.6) is 5.95 Å². The predicted octanol–water partition coefficient (Wildman–Crippen LogP) is 3.80. The lowest BCUT2D eigenvalue weighted by Crippen LogP contribution is -1.81. The molecule has 0 bridgehead atoms. The third-order valence-electron chi connectivity index (χ3n) is 3.38. The van der Waals surface area contributed by atoms with Crippen LogP contribution in [0.25, 0.3) is 11.4 Å². The molecule has 0 amide bonds. The third-order valence-corrected chi connectivity index (χ3v) is 4.42. The summed E-state index contributed by atoms with van der Waals surface area (Å²) in [6.07, 6.45) is 4.84. The zero-order valence-corrected chi connectivity index (χ0v) is 12.2. The quantitative estimate of drug-likeness (QED) is 0.742. The SMILES string of the molecule is Oc1onc(-c2ccccn2)c1N=Nc1nc2c(s1)CCC2. The van der Waals surface area contributed by atoms with E-state index in [1.54, 1.807) is 18.3 Å². The lowest BCUT2D eigenvalue weighted by Gasteiger charge is -1.94. The fraction of sp³-hybridized carbons (Fsp3) is 0.214. The van der Waals surface area contributed by atoms with Gasteiger partial charge in [0.15, 0.2) is 11.4 Å². The van der Waals surface area contributed by atoms with Gasteiger partial charge in [0.1, 0.15) is 0 Å². The first-order valence-corrected chi connectivity index (χ1v) is 7.63. The number of aromatic nitrogens is 3. The van der Waals surface area contributed by atoms with E-state index in [1.165, 1.54) is 16.2 Å². The summed E-state index contributed by atoms with van der Waals surface area (Å²) in [5.74, 6) is -0.381. The van der Waals surface area contributed by atoms with Crippen LogP contribution in [0.2, 0.25) is 0 Å². The summed E-state index contributed by atoms with van der Waals surface area (Å²) in [6.45, 7) is 0. The molecule has 0 atom stereocenters. The van der Waals surface area contributed by atoms with Crippen LogP contribution >= 0.6 is 11.3 Å². The Morgan fingerprint density at radius 2 is 2.18 bits per heavy atom. The average Bonchev–Trinajstić information content (AvgIpc) is 3.20. The molecule has 1 aliphatic rings. The molecule has 0 aliphatic heterocycles. The van der Waals surface area contributed by atoms with Crippen molar-refractivity contribution < 1.29 is 9.63 Å². The smallest absolute Gasteiger partial charge is 0.337 e. The van der Waals surface area contributed by atoms with Crippen molar-refractivity contribution in [1.82, 2.24) is 15.1 Å². The average molecular weight is 313 g/mol. The Labute approximate surface area is 129 Å². The molecule has 0 unspecified atom stereocenters. The van der Waals surface area contributed by atoms with Gasteiger partial charge in [-0.1, -0.05) is 22.6 Å². The number of rotatable bonds is 3. The van der Waals surface area contributed by atoms with Gasteiger partial charge in [-0.3, -0.25) is 4.98 Å². The Morgan fingerprint density at radius 3 is 3.00 bits per heavy atom. The lowest BCUT2D eigenvalue weighted by molar-refractivity contribution is 0.279. The highest BCUT2D eigenvalue weighted by Gasteiger charge is 2.19. The summed E-state index contributed by atoms with van der Waals surface area (Å²) < 4.78 is 4.79. The standard InChI is InChI=1S/C14H11N5O2S/c20-13-12(11(19-21-13)9-4-1-2-7-15-9)17-18-14-16-8-5-3-6-10(8)22-14/h1-2,4,7,20H,3,5-6H2. The molecular weight excluding hydrogens is 302 g/mol. The largest absolute Gasteiger partial charge is 0.478 e. The van der Waals surface area contributed by atoms with Gasteiger partial charge in [-0.15, -0.1) is 10.2 Å². The van der Waals surface area contributed by atoms with Gasteiger partial charge in [0, 0.05) is 11.1 Å². The molecule has 0 fully saturated rings. The normalized spacial score (nSPS) is 13.8. The number of thiazole rings is 1. The first-order valence-electron chi connectivity index (χ1n) is 6.81. The maximum absolute atomic E-state index is 9.76. The number of pyridine rings is 1. The molecule has 110 valence electrons. The highest BCUT2D eigenvalue weighted by atomic mass is 32.1.